The molecular weight excluding hydrogens is 338 g/mol. The smallest absolute Gasteiger partial charge is 0.255 e. The van der Waals surface area contributed by atoms with Crippen LogP contribution in [0.3, 0.4) is 0 Å². The van der Waals surface area contributed by atoms with Crippen LogP contribution in [0.1, 0.15) is 64.4 Å². The fourth-order valence-corrected chi connectivity index (χ4v) is 4.23. The van der Waals surface area contributed by atoms with E-state index in [-0.39, 0.29) is 11.9 Å². The monoisotopic (exact) mass is 363 g/mol. The van der Waals surface area contributed by atoms with Gasteiger partial charge in [0.25, 0.3) is 5.91 Å². The van der Waals surface area contributed by atoms with Crippen LogP contribution in [0.25, 0.3) is 10.9 Å². The van der Waals surface area contributed by atoms with Crippen LogP contribution in [-0.2, 0) is 6.42 Å². The number of amides is 1. The van der Waals surface area contributed by atoms with E-state index < -0.39 is 0 Å². The van der Waals surface area contributed by atoms with Crippen molar-refractivity contribution >= 4 is 16.8 Å². The van der Waals surface area contributed by atoms with Crippen molar-refractivity contribution in [2.45, 2.75) is 53.0 Å². The summed E-state index contributed by atoms with van der Waals surface area (Å²) in [6.07, 6.45) is 2.86. The molecule has 0 unspecified atom stereocenters. The highest BCUT2D eigenvalue weighted by atomic mass is 16.5. The molecule has 5 nitrogen and oxygen atoms in total. The summed E-state index contributed by atoms with van der Waals surface area (Å²) in [4.78, 5) is 20.2. The van der Waals surface area contributed by atoms with Crippen molar-refractivity contribution in [3.63, 3.8) is 0 Å². The second kappa shape index (κ2) is 6.80. The Morgan fingerprint density at radius 1 is 1.26 bits per heavy atom. The number of nitrogens with zero attached hydrogens (tertiary/aromatic N) is 3. The van der Waals surface area contributed by atoms with Gasteiger partial charge in [0.15, 0.2) is 0 Å². The van der Waals surface area contributed by atoms with Gasteiger partial charge in [-0.3, -0.25) is 9.78 Å². The first-order valence-corrected chi connectivity index (χ1v) is 9.63. The van der Waals surface area contributed by atoms with Gasteiger partial charge in [-0.2, -0.15) is 0 Å². The fourth-order valence-electron chi connectivity index (χ4n) is 4.23. The van der Waals surface area contributed by atoms with Gasteiger partial charge in [-0.1, -0.05) is 18.1 Å². The number of hydrogen-bond acceptors (Lipinski definition) is 4. The summed E-state index contributed by atoms with van der Waals surface area (Å²) in [6.45, 7) is 8.70. The minimum atomic E-state index is 0.0293. The van der Waals surface area contributed by atoms with Crippen molar-refractivity contribution in [3.05, 3.63) is 58.1 Å². The van der Waals surface area contributed by atoms with E-state index in [1.807, 2.05) is 37.8 Å². The lowest BCUT2D eigenvalue weighted by Crippen LogP contribution is -2.31. The molecular formula is C22H25N3O2. The summed E-state index contributed by atoms with van der Waals surface area (Å²) in [5.74, 6) is 0.877. The summed E-state index contributed by atoms with van der Waals surface area (Å²) in [7, 11) is 0. The van der Waals surface area contributed by atoms with E-state index in [4.69, 9.17) is 4.52 Å². The summed E-state index contributed by atoms with van der Waals surface area (Å²) < 4.78 is 5.36. The molecule has 2 aromatic heterocycles. The Morgan fingerprint density at radius 2 is 2.07 bits per heavy atom. The quantitative estimate of drug-likeness (QED) is 0.677. The largest absolute Gasteiger partial charge is 0.361 e. The van der Waals surface area contributed by atoms with Crippen LogP contribution in [0.5, 0.6) is 0 Å². The first-order valence-electron chi connectivity index (χ1n) is 9.63. The maximum Gasteiger partial charge on any atom is 0.255 e. The van der Waals surface area contributed by atoms with Crippen LogP contribution in [0.15, 0.2) is 28.8 Å². The molecule has 5 heteroatoms. The van der Waals surface area contributed by atoms with Gasteiger partial charge in [0.05, 0.1) is 22.8 Å². The number of fused-ring (bicyclic) bond motifs is 1. The highest BCUT2D eigenvalue weighted by molar-refractivity contribution is 6.06. The molecule has 0 N–H and O–H groups in total. The number of likely N-dealkylation sites (tertiary alicyclic amines) is 1. The summed E-state index contributed by atoms with van der Waals surface area (Å²) >= 11 is 0. The van der Waals surface area contributed by atoms with Crippen LogP contribution in [0.2, 0.25) is 0 Å². The molecule has 0 saturated carbocycles. The summed E-state index contributed by atoms with van der Waals surface area (Å²) in [5, 5.41) is 5.03. The molecule has 1 fully saturated rings. The first-order chi connectivity index (χ1) is 13.0. The standard InChI is InChI=1S/C22H25N3O2/c1-5-16-8-9-19-17(12-16)18(11-13(2)23-19)22(26)25-10-6-7-20(25)21-14(3)24-27-15(21)4/h8-9,11-12,20H,5-7,10H2,1-4H3/t20-/m0/s1. The van der Waals surface area contributed by atoms with Crippen molar-refractivity contribution in [2.75, 3.05) is 6.54 Å². The molecule has 140 valence electrons. The molecule has 1 aromatic carbocycles. The normalized spacial score (nSPS) is 17.0. The number of hydrogen-bond donors (Lipinski definition) is 0. The van der Waals surface area contributed by atoms with Crippen molar-refractivity contribution in [1.29, 1.82) is 0 Å². The molecule has 1 aliphatic rings. The van der Waals surface area contributed by atoms with E-state index in [0.717, 1.165) is 65.0 Å². The van der Waals surface area contributed by atoms with E-state index in [1.165, 1.54) is 5.56 Å². The Morgan fingerprint density at radius 3 is 2.78 bits per heavy atom. The zero-order chi connectivity index (χ0) is 19.1. The summed E-state index contributed by atoms with van der Waals surface area (Å²) in [6, 6.07) is 8.17. The lowest BCUT2D eigenvalue weighted by molar-refractivity contribution is 0.0736. The number of benzene rings is 1. The second-order valence-corrected chi connectivity index (χ2v) is 7.41. The Labute approximate surface area is 159 Å². The zero-order valence-electron chi connectivity index (χ0n) is 16.4. The Bertz CT molecular complexity index is 1000. The molecule has 1 atom stereocenters. The predicted octanol–water partition coefficient (Wildman–Crippen LogP) is 4.69. The Hall–Kier alpha value is -2.69. The van der Waals surface area contributed by atoms with Crippen molar-refractivity contribution in [1.82, 2.24) is 15.0 Å². The van der Waals surface area contributed by atoms with Gasteiger partial charge in [-0.15, -0.1) is 0 Å². The number of carbonyl (C=O) groups is 1. The molecule has 3 aromatic rings. The van der Waals surface area contributed by atoms with Crippen LogP contribution >= 0.6 is 0 Å². The van der Waals surface area contributed by atoms with Gasteiger partial charge in [-0.05, 0) is 63.8 Å². The summed E-state index contributed by atoms with van der Waals surface area (Å²) in [5.41, 5.74) is 5.63. The van der Waals surface area contributed by atoms with Crippen molar-refractivity contribution in [3.8, 4) is 0 Å². The van der Waals surface area contributed by atoms with Crippen LogP contribution in [0.4, 0.5) is 0 Å². The Kier molecular flexibility index (Phi) is 4.46. The first kappa shape index (κ1) is 17.7. The fraction of sp³-hybridized carbons (Fsp3) is 0.409. The van der Waals surface area contributed by atoms with Gasteiger partial charge in [-0.25, -0.2) is 0 Å². The van der Waals surface area contributed by atoms with E-state index in [1.54, 1.807) is 0 Å². The molecule has 0 radical (unpaired) electrons. The molecule has 3 heterocycles. The Balaban J connectivity index is 1.80. The lowest BCUT2D eigenvalue weighted by atomic mass is 10.00. The highest BCUT2D eigenvalue weighted by Crippen LogP contribution is 2.37. The van der Waals surface area contributed by atoms with E-state index in [2.05, 4.69) is 29.2 Å². The molecule has 0 aliphatic carbocycles. The van der Waals surface area contributed by atoms with Gasteiger partial charge < -0.3 is 9.42 Å². The van der Waals surface area contributed by atoms with Crippen LogP contribution in [-0.4, -0.2) is 27.5 Å². The molecule has 0 spiro atoms. The van der Waals surface area contributed by atoms with E-state index in [0.29, 0.717) is 0 Å². The molecule has 1 amide bonds. The van der Waals surface area contributed by atoms with Crippen LogP contribution < -0.4 is 0 Å². The maximum absolute atomic E-state index is 13.6. The maximum atomic E-state index is 13.6. The minimum absolute atomic E-state index is 0.0293. The number of pyridine rings is 1. The number of carbonyl (C=O) groups excluding carboxylic acids is 1. The third-order valence-electron chi connectivity index (χ3n) is 5.58. The highest BCUT2D eigenvalue weighted by Gasteiger charge is 2.34. The third-order valence-corrected chi connectivity index (χ3v) is 5.58. The average molecular weight is 363 g/mol. The average Bonchev–Trinajstić information content (AvgIpc) is 3.26. The molecule has 27 heavy (non-hydrogen) atoms. The third kappa shape index (κ3) is 3.01. The minimum Gasteiger partial charge on any atom is -0.361 e. The van der Waals surface area contributed by atoms with Crippen molar-refractivity contribution in [2.24, 2.45) is 0 Å². The van der Waals surface area contributed by atoms with Crippen molar-refractivity contribution < 1.29 is 9.32 Å². The van der Waals surface area contributed by atoms with Gasteiger partial charge in [0.2, 0.25) is 0 Å². The second-order valence-electron chi connectivity index (χ2n) is 7.41. The van der Waals surface area contributed by atoms with E-state index in [9.17, 15) is 4.79 Å². The molecule has 1 aliphatic heterocycles. The van der Waals surface area contributed by atoms with Crippen LogP contribution in [0, 0.1) is 20.8 Å². The van der Waals surface area contributed by atoms with Gasteiger partial charge in [0.1, 0.15) is 5.76 Å². The van der Waals surface area contributed by atoms with Gasteiger partial charge >= 0.3 is 0 Å². The number of aryl methyl sites for hydroxylation is 4. The predicted molar refractivity (Wildman–Crippen MR) is 105 cm³/mol. The molecule has 1 saturated heterocycles. The molecule has 4 rings (SSSR count). The number of aromatic nitrogens is 2. The van der Waals surface area contributed by atoms with Gasteiger partial charge in [0, 0.05) is 23.2 Å². The lowest BCUT2D eigenvalue weighted by Gasteiger charge is -2.25. The SMILES string of the molecule is CCc1ccc2nc(C)cc(C(=O)N3CCC[C@H]3c3c(C)noc3C)c2c1. The zero-order valence-corrected chi connectivity index (χ0v) is 16.4. The molecule has 0 bridgehead atoms. The number of rotatable bonds is 3. The topological polar surface area (TPSA) is 59.2 Å². The van der Waals surface area contributed by atoms with E-state index >= 15 is 0 Å².